The fraction of sp³-hybridized carbons (Fsp3) is 0.857. The Bertz CT molecular complexity index is 154. The highest BCUT2D eigenvalue weighted by molar-refractivity contribution is 5.83. The molecule has 0 aromatic rings. The molecule has 0 bridgehead atoms. The molecule has 4 nitrogen and oxygen atoms in total. The Balaban J connectivity index is 4.42. The standard InChI is InChI=1S/C7H15NO3/c1-4(2)5(9)7(3,11)6(8)10/h4-5,9,11H,1-3H3,(H2,8,10)/t5-,7+/m0/s1. The lowest BCUT2D eigenvalue weighted by molar-refractivity contribution is -0.150. The molecule has 1 amide bonds. The SMILES string of the molecule is CC(C)[C@H](O)[C@@](C)(O)C(N)=O. The van der Waals surface area contributed by atoms with Crippen molar-refractivity contribution in [2.75, 3.05) is 0 Å². The lowest BCUT2D eigenvalue weighted by Gasteiger charge is -2.28. The number of aliphatic hydroxyl groups is 2. The first-order valence-electron chi connectivity index (χ1n) is 3.50. The van der Waals surface area contributed by atoms with Crippen molar-refractivity contribution in [3.05, 3.63) is 0 Å². The average molecular weight is 161 g/mol. The van der Waals surface area contributed by atoms with Gasteiger partial charge in [-0.1, -0.05) is 13.8 Å². The van der Waals surface area contributed by atoms with Gasteiger partial charge >= 0.3 is 0 Å². The summed E-state index contributed by atoms with van der Waals surface area (Å²) < 4.78 is 0. The van der Waals surface area contributed by atoms with E-state index in [9.17, 15) is 15.0 Å². The average Bonchev–Trinajstić information content (AvgIpc) is 1.85. The molecule has 66 valence electrons. The largest absolute Gasteiger partial charge is 0.389 e. The molecule has 2 atom stereocenters. The van der Waals surface area contributed by atoms with Crippen LogP contribution in [0.2, 0.25) is 0 Å². The topological polar surface area (TPSA) is 83.6 Å². The van der Waals surface area contributed by atoms with Crippen LogP contribution in [0.3, 0.4) is 0 Å². The number of carbonyl (C=O) groups excluding carboxylic acids is 1. The highest BCUT2D eigenvalue weighted by atomic mass is 16.4. The predicted octanol–water partition coefficient (Wildman–Crippen LogP) is -0.760. The molecule has 4 heteroatoms. The third kappa shape index (κ3) is 2.17. The van der Waals surface area contributed by atoms with Crippen LogP contribution >= 0.6 is 0 Å². The van der Waals surface area contributed by atoms with Gasteiger partial charge in [0, 0.05) is 0 Å². The van der Waals surface area contributed by atoms with Crippen LogP contribution in [0.5, 0.6) is 0 Å². The number of carbonyl (C=O) groups is 1. The van der Waals surface area contributed by atoms with Gasteiger partial charge in [-0.3, -0.25) is 4.79 Å². The maximum Gasteiger partial charge on any atom is 0.251 e. The summed E-state index contributed by atoms with van der Waals surface area (Å²) in [6, 6.07) is 0. The van der Waals surface area contributed by atoms with E-state index in [4.69, 9.17) is 5.73 Å². The van der Waals surface area contributed by atoms with E-state index in [2.05, 4.69) is 0 Å². The molecule has 0 spiro atoms. The van der Waals surface area contributed by atoms with E-state index in [0.29, 0.717) is 0 Å². The van der Waals surface area contributed by atoms with Crippen LogP contribution in [0.4, 0.5) is 0 Å². The summed E-state index contributed by atoms with van der Waals surface area (Å²) in [6.45, 7) is 4.60. The second-order valence-electron chi connectivity index (χ2n) is 3.20. The number of nitrogens with two attached hydrogens (primary N) is 1. The van der Waals surface area contributed by atoms with E-state index in [1.807, 2.05) is 0 Å². The Morgan fingerprint density at radius 3 is 2.00 bits per heavy atom. The second kappa shape index (κ2) is 3.19. The summed E-state index contributed by atoms with van der Waals surface area (Å²) in [7, 11) is 0. The summed E-state index contributed by atoms with van der Waals surface area (Å²) >= 11 is 0. The van der Waals surface area contributed by atoms with Gasteiger partial charge in [0.1, 0.15) is 0 Å². The first kappa shape index (κ1) is 10.4. The van der Waals surface area contributed by atoms with Crippen LogP contribution in [0.1, 0.15) is 20.8 Å². The van der Waals surface area contributed by atoms with Gasteiger partial charge in [-0.05, 0) is 12.8 Å². The molecule has 4 N–H and O–H groups in total. The van der Waals surface area contributed by atoms with Crippen LogP contribution in [-0.4, -0.2) is 27.8 Å². The first-order chi connectivity index (χ1) is 4.80. The maximum absolute atomic E-state index is 10.6. The highest BCUT2D eigenvalue weighted by Gasteiger charge is 2.38. The van der Waals surface area contributed by atoms with Crippen molar-refractivity contribution in [2.45, 2.75) is 32.5 Å². The molecule has 11 heavy (non-hydrogen) atoms. The van der Waals surface area contributed by atoms with Gasteiger partial charge in [-0.15, -0.1) is 0 Å². The van der Waals surface area contributed by atoms with Gasteiger partial charge in [0.25, 0.3) is 5.91 Å². The molecule has 0 aliphatic rings. The lowest BCUT2D eigenvalue weighted by Crippen LogP contribution is -2.52. The molecular formula is C7H15NO3. The molecule has 0 heterocycles. The Kier molecular flexibility index (Phi) is 3.02. The fourth-order valence-electron chi connectivity index (χ4n) is 0.795. The van der Waals surface area contributed by atoms with Crippen molar-refractivity contribution in [3.8, 4) is 0 Å². The van der Waals surface area contributed by atoms with Gasteiger partial charge in [0.05, 0.1) is 6.10 Å². The zero-order valence-corrected chi connectivity index (χ0v) is 7.03. The Morgan fingerprint density at radius 2 is 1.91 bits per heavy atom. The molecule has 0 rings (SSSR count). The highest BCUT2D eigenvalue weighted by Crippen LogP contribution is 2.16. The minimum absolute atomic E-state index is 0.197. The monoisotopic (exact) mass is 161 g/mol. The van der Waals surface area contributed by atoms with Crippen molar-refractivity contribution in [2.24, 2.45) is 11.7 Å². The van der Waals surface area contributed by atoms with Crippen molar-refractivity contribution in [3.63, 3.8) is 0 Å². The van der Waals surface area contributed by atoms with Crippen LogP contribution in [0.25, 0.3) is 0 Å². The van der Waals surface area contributed by atoms with Crippen LogP contribution in [0.15, 0.2) is 0 Å². The third-order valence-electron chi connectivity index (χ3n) is 1.71. The summed E-state index contributed by atoms with van der Waals surface area (Å²) in [5.74, 6) is -1.10. The van der Waals surface area contributed by atoms with E-state index in [0.717, 1.165) is 0 Å². The van der Waals surface area contributed by atoms with Gasteiger partial charge in [-0.2, -0.15) is 0 Å². The smallest absolute Gasteiger partial charge is 0.251 e. The van der Waals surface area contributed by atoms with Crippen molar-refractivity contribution in [1.29, 1.82) is 0 Å². The summed E-state index contributed by atoms with van der Waals surface area (Å²) in [5.41, 5.74) is 3.03. The van der Waals surface area contributed by atoms with Crippen molar-refractivity contribution >= 4 is 5.91 Å². The van der Waals surface area contributed by atoms with Crippen molar-refractivity contribution < 1.29 is 15.0 Å². The number of hydrogen-bond acceptors (Lipinski definition) is 3. The molecule has 0 saturated carbocycles. The molecular weight excluding hydrogens is 146 g/mol. The summed E-state index contributed by atoms with van der Waals surface area (Å²) in [5, 5.41) is 18.6. The molecule has 0 fully saturated rings. The quantitative estimate of drug-likeness (QED) is 0.508. The van der Waals surface area contributed by atoms with Gasteiger partial charge in [-0.25, -0.2) is 0 Å². The maximum atomic E-state index is 10.6. The van der Waals surface area contributed by atoms with E-state index in [-0.39, 0.29) is 5.92 Å². The van der Waals surface area contributed by atoms with E-state index in [1.54, 1.807) is 13.8 Å². The fourth-order valence-corrected chi connectivity index (χ4v) is 0.795. The lowest BCUT2D eigenvalue weighted by atomic mass is 9.90. The van der Waals surface area contributed by atoms with E-state index in [1.165, 1.54) is 6.92 Å². The molecule has 0 unspecified atom stereocenters. The zero-order valence-electron chi connectivity index (χ0n) is 7.03. The molecule has 0 aliphatic heterocycles. The third-order valence-corrected chi connectivity index (χ3v) is 1.71. The Hall–Kier alpha value is -0.610. The molecule has 0 radical (unpaired) electrons. The van der Waals surface area contributed by atoms with Gasteiger partial charge in [0.2, 0.25) is 0 Å². The summed E-state index contributed by atoms with van der Waals surface area (Å²) in [6.07, 6.45) is -1.11. The van der Waals surface area contributed by atoms with Crippen LogP contribution in [-0.2, 0) is 4.79 Å². The number of aliphatic hydroxyl groups excluding tert-OH is 1. The summed E-state index contributed by atoms with van der Waals surface area (Å²) in [4.78, 5) is 10.6. The molecule has 0 aromatic carbocycles. The molecule has 0 aliphatic carbocycles. The zero-order chi connectivity index (χ0) is 9.23. The second-order valence-corrected chi connectivity index (χ2v) is 3.20. The van der Waals surface area contributed by atoms with Crippen molar-refractivity contribution in [1.82, 2.24) is 0 Å². The molecule has 0 saturated heterocycles. The Morgan fingerprint density at radius 1 is 1.55 bits per heavy atom. The predicted molar refractivity (Wildman–Crippen MR) is 40.7 cm³/mol. The Labute approximate surface area is 66.0 Å². The van der Waals surface area contributed by atoms with Crippen LogP contribution < -0.4 is 5.73 Å². The molecule has 0 aromatic heterocycles. The number of rotatable bonds is 3. The minimum atomic E-state index is -1.83. The van der Waals surface area contributed by atoms with Gasteiger partial charge < -0.3 is 15.9 Å². The van der Waals surface area contributed by atoms with Gasteiger partial charge in [0.15, 0.2) is 5.60 Å². The number of hydrogen-bond donors (Lipinski definition) is 3. The number of primary amides is 1. The normalized spacial score (nSPS) is 19.5. The minimum Gasteiger partial charge on any atom is -0.389 e. The van der Waals surface area contributed by atoms with Crippen LogP contribution in [0, 0.1) is 5.92 Å². The first-order valence-corrected chi connectivity index (χ1v) is 3.50. The van der Waals surface area contributed by atoms with E-state index >= 15 is 0 Å². The van der Waals surface area contributed by atoms with E-state index < -0.39 is 17.6 Å². The number of amides is 1.